The van der Waals surface area contributed by atoms with Crippen molar-refractivity contribution in [1.82, 2.24) is 0 Å². The maximum absolute atomic E-state index is 12.4. The molecule has 1 saturated carbocycles. The minimum absolute atomic E-state index is 0.194. The molecular weight excluding hydrogens is 388 g/mol. The molecule has 1 aromatic carbocycles. The Kier molecular flexibility index (Phi) is 8.67. The Morgan fingerprint density at radius 1 is 1.13 bits per heavy atom. The minimum Gasteiger partial charge on any atom is -0.465 e. The molecule has 168 valence electrons. The summed E-state index contributed by atoms with van der Waals surface area (Å²) < 4.78 is 21.3. The van der Waals surface area contributed by atoms with E-state index in [-0.39, 0.29) is 25.5 Å². The van der Waals surface area contributed by atoms with Gasteiger partial charge in [-0.15, -0.1) is 0 Å². The highest BCUT2D eigenvalue weighted by Crippen LogP contribution is 2.57. The second-order valence-electron chi connectivity index (χ2n) is 8.38. The van der Waals surface area contributed by atoms with Crippen LogP contribution < -0.4 is 4.74 Å². The van der Waals surface area contributed by atoms with Crippen LogP contribution in [0.4, 0.5) is 0 Å². The largest absolute Gasteiger partial charge is 0.465 e. The van der Waals surface area contributed by atoms with E-state index in [1.807, 2.05) is 13.8 Å². The normalized spacial score (nSPS) is 22.3. The highest BCUT2D eigenvalue weighted by atomic mass is 16.7. The molecule has 0 bridgehead atoms. The molecule has 0 amide bonds. The van der Waals surface area contributed by atoms with Gasteiger partial charge in [-0.3, -0.25) is 4.79 Å². The van der Waals surface area contributed by atoms with E-state index in [2.05, 4.69) is 13.8 Å². The van der Waals surface area contributed by atoms with E-state index in [4.69, 9.17) is 18.9 Å². The lowest BCUT2D eigenvalue weighted by molar-refractivity contribution is -0.155. The summed E-state index contributed by atoms with van der Waals surface area (Å²) in [6.45, 7) is 9.95. The molecule has 0 saturated heterocycles. The van der Waals surface area contributed by atoms with E-state index in [1.54, 1.807) is 31.2 Å². The molecule has 4 atom stereocenters. The summed E-state index contributed by atoms with van der Waals surface area (Å²) >= 11 is 0. The van der Waals surface area contributed by atoms with Crippen molar-refractivity contribution in [3.05, 3.63) is 29.8 Å². The Labute approximate surface area is 178 Å². The van der Waals surface area contributed by atoms with Crippen LogP contribution in [0.2, 0.25) is 0 Å². The summed E-state index contributed by atoms with van der Waals surface area (Å²) in [5.41, 5.74) is -0.0908. The lowest BCUT2D eigenvalue weighted by Crippen LogP contribution is -2.29. The molecule has 1 fully saturated rings. The predicted octanol–water partition coefficient (Wildman–Crippen LogP) is 3.58. The molecular formula is C23H34O7. The molecule has 7 heteroatoms. The van der Waals surface area contributed by atoms with Crippen LogP contribution in [0.15, 0.2) is 24.3 Å². The van der Waals surface area contributed by atoms with Gasteiger partial charge in [0.1, 0.15) is 25.1 Å². The number of aliphatic hydroxyl groups is 1. The van der Waals surface area contributed by atoms with Gasteiger partial charge >= 0.3 is 11.9 Å². The Hall–Kier alpha value is -2.12. The molecule has 1 N–H and O–H groups in total. The van der Waals surface area contributed by atoms with Gasteiger partial charge in [-0.25, -0.2) is 4.79 Å². The fourth-order valence-electron chi connectivity index (χ4n) is 3.62. The van der Waals surface area contributed by atoms with Crippen LogP contribution in [0.3, 0.4) is 0 Å². The van der Waals surface area contributed by atoms with Crippen LogP contribution in [0.5, 0.6) is 5.75 Å². The molecule has 7 nitrogen and oxygen atoms in total. The zero-order valence-electron chi connectivity index (χ0n) is 18.6. The summed E-state index contributed by atoms with van der Waals surface area (Å²) in [5.74, 6) is 0.422. The fourth-order valence-corrected chi connectivity index (χ4v) is 3.62. The van der Waals surface area contributed by atoms with Crippen LogP contribution >= 0.6 is 0 Å². The smallest absolute Gasteiger partial charge is 0.338 e. The molecule has 1 aromatic rings. The van der Waals surface area contributed by atoms with Gasteiger partial charge in [0.05, 0.1) is 11.0 Å². The van der Waals surface area contributed by atoms with Gasteiger partial charge in [-0.1, -0.05) is 20.8 Å². The van der Waals surface area contributed by atoms with Crippen molar-refractivity contribution < 1.29 is 33.6 Å². The van der Waals surface area contributed by atoms with Gasteiger partial charge in [0.15, 0.2) is 6.29 Å². The Balaban J connectivity index is 1.74. The number of hydrogen-bond acceptors (Lipinski definition) is 7. The number of aliphatic hydroxyl groups excluding tert-OH is 1. The number of hydrogen-bond donors (Lipinski definition) is 1. The van der Waals surface area contributed by atoms with E-state index in [1.165, 1.54) is 0 Å². The first-order valence-electron chi connectivity index (χ1n) is 10.6. The van der Waals surface area contributed by atoms with Gasteiger partial charge < -0.3 is 24.1 Å². The van der Waals surface area contributed by atoms with Crippen LogP contribution in [0.1, 0.15) is 57.8 Å². The second-order valence-corrected chi connectivity index (χ2v) is 8.38. The lowest BCUT2D eigenvalue weighted by Gasteiger charge is -2.19. The monoisotopic (exact) mass is 422 g/mol. The van der Waals surface area contributed by atoms with Gasteiger partial charge in [0.2, 0.25) is 0 Å². The highest BCUT2D eigenvalue weighted by Gasteiger charge is 2.58. The maximum atomic E-state index is 12.4. The number of carbonyl (C=O) groups excluding carboxylic acids is 2. The summed E-state index contributed by atoms with van der Waals surface area (Å²) in [6.07, 6.45) is 0.140. The lowest BCUT2D eigenvalue weighted by atomic mass is 9.92. The SMILES string of the molecule is CCOC(C)Oc1ccc(C(=O)OCC(O)COC(=O)C2(CC(C)C)CC2C)cc1. The second kappa shape index (κ2) is 10.8. The third-order valence-corrected chi connectivity index (χ3v) is 5.24. The average molecular weight is 423 g/mol. The van der Waals surface area contributed by atoms with Crippen LogP contribution in [-0.2, 0) is 19.0 Å². The third-order valence-electron chi connectivity index (χ3n) is 5.24. The van der Waals surface area contributed by atoms with E-state index in [0.29, 0.717) is 29.8 Å². The number of ether oxygens (including phenoxy) is 4. The van der Waals surface area contributed by atoms with Crippen molar-refractivity contribution in [2.75, 3.05) is 19.8 Å². The summed E-state index contributed by atoms with van der Waals surface area (Å²) in [5, 5.41) is 10.0. The predicted molar refractivity (Wildman–Crippen MR) is 111 cm³/mol. The van der Waals surface area contributed by atoms with Crippen molar-refractivity contribution in [1.29, 1.82) is 0 Å². The molecule has 0 aliphatic heterocycles. The van der Waals surface area contributed by atoms with Crippen molar-refractivity contribution in [3.63, 3.8) is 0 Å². The number of rotatable bonds is 12. The summed E-state index contributed by atoms with van der Waals surface area (Å²) in [4.78, 5) is 24.6. The summed E-state index contributed by atoms with van der Waals surface area (Å²) in [7, 11) is 0. The first-order valence-corrected chi connectivity index (χ1v) is 10.6. The summed E-state index contributed by atoms with van der Waals surface area (Å²) in [6, 6.07) is 6.45. The molecule has 1 aliphatic carbocycles. The molecule has 0 radical (unpaired) electrons. The number of benzene rings is 1. The van der Waals surface area contributed by atoms with Gasteiger partial charge in [0.25, 0.3) is 0 Å². The first kappa shape index (κ1) is 24.2. The van der Waals surface area contributed by atoms with Gasteiger partial charge in [-0.05, 0) is 62.8 Å². The van der Waals surface area contributed by atoms with Crippen molar-refractivity contribution in [2.24, 2.45) is 17.3 Å². The topological polar surface area (TPSA) is 91.3 Å². The van der Waals surface area contributed by atoms with E-state index in [0.717, 1.165) is 12.8 Å². The molecule has 2 rings (SSSR count). The Bertz CT molecular complexity index is 700. The molecule has 0 aromatic heterocycles. The highest BCUT2D eigenvalue weighted by molar-refractivity contribution is 5.89. The first-order chi connectivity index (χ1) is 14.2. The maximum Gasteiger partial charge on any atom is 0.338 e. The number of esters is 2. The zero-order valence-corrected chi connectivity index (χ0v) is 18.6. The third kappa shape index (κ3) is 6.71. The molecule has 0 spiro atoms. The van der Waals surface area contributed by atoms with Crippen molar-refractivity contribution in [3.8, 4) is 5.75 Å². The molecule has 30 heavy (non-hydrogen) atoms. The molecule has 4 unspecified atom stereocenters. The Morgan fingerprint density at radius 2 is 1.73 bits per heavy atom. The van der Waals surface area contributed by atoms with E-state index in [9.17, 15) is 14.7 Å². The van der Waals surface area contributed by atoms with E-state index < -0.39 is 17.5 Å². The van der Waals surface area contributed by atoms with Crippen LogP contribution in [0, 0.1) is 17.3 Å². The Morgan fingerprint density at radius 3 is 2.27 bits per heavy atom. The average Bonchev–Trinajstić information content (AvgIpc) is 3.34. The van der Waals surface area contributed by atoms with Crippen molar-refractivity contribution in [2.45, 2.75) is 59.9 Å². The minimum atomic E-state index is -1.07. The molecule has 1 aliphatic rings. The van der Waals surface area contributed by atoms with Gasteiger partial charge in [-0.2, -0.15) is 0 Å². The number of carbonyl (C=O) groups is 2. The van der Waals surface area contributed by atoms with Gasteiger partial charge in [0, 0.05) is 6.61 Å². The van der Waals surface area contributed by atoms with Crippen LogP contribution in [-0.4, -0.2) is 49.3 Å². The fraction of sp³-hybridized carbons (Fsp3) is 0.652. The zero-order chi connectivity index (χ0) is 22.3. The van der Waals surface area contributed by atoms with Crippen molar-refractivity contribution >= 4 is 11.9 Å². The quantitative estimate of drug-likeness (QED) is 0.407. The van der Waals surface area contributed by atoms with Crippen LogP contribution in [0.25, 0.3) is 0 Å². The standard InChI is InChI=1S/C23H34O7/c1-6-27-17(5)30-20-9-7-18(8-10-20)21(25)28-13-19(24)14-29-22(26)23(11-15(2)3)12-16(23)4/h7-10,15-17,19,24H,6,11-14H2,1-5H3. The van der Waals surface area contributed by atoms with E-state index >= 15 is 0 Å². The molecule has 0 heterocycles.